The largest absolute Gasteiger partial charge is 0.339 e. The molecule has 0 aromatic carbocycles. The fourth-order valence-corrected chi connectivity index (χ4v) is 2.66. The zero-order valence-electron chi connectivity index (χ0n) is 11.1. The van der Waals surface area contributed by atoms with Crippen LogP contribution in [0.25, 0.3) is 11.5 Å². The van der Waals surface area contributed by atoms with Gasteiger partial charge in [-0.3, -0.25) is 0 Å². The van der Waals surface area contributed by atoms with E-state index in [2.05, 4.69) is 29.0 Å². The molecular weight excluding hydrogens is 245 g/mol. The molecule has 0 spiro atoms. The third-order valence-corrected chi connectivity index (χ3v) is 3.72. The molecule has 5 heteroatoms. The Balaban J connectivity index is 1.82. The topological polar surface area (TPSA) is 51.8 Å². The summed E-state index contributed by atoms with van der Waals surface area (Å²) < 4.78 is 18.1. The molecule has 0 radical (unpaired) electrons. The van der Waals surface area contributed by atoms with E-state index >= 15 is 0 Å². The lowest BCUT2D eigenvalue weighted by Gasteiger charge is -2.15. The van der Waals surface area contributed by atoms with Gasteiger partial charge in [0.05, 0.1) is 6.20 Å². The van der Waals surface area contributed by atoms with E-state index in [1.54, 1.807) is 6.07 Å². The van der Waals surface area contributed by atoms with Crippen LogP contribution in [0.2, 0.25) is 0 Å². The number of halogens is 1. The third-order valence-electron chi connectivity index (χ3n) is 3.72. The first kappa shape index (κ1) is 12.3. The van der Waals surface area contributed by atoms with Gasteiger partial charge < -0.3 is 4.52 Å². The minimum absolute atomic E-state index is 0.330. The van der Waals surface area contributed by atoms with Gasteiger partial charge >= 0.3 is 0 Å². The van der Waals surface area contributed by atoms with Crippen LogP contribution in [0, 0.1) is 11.2 Å². The number of hydrogen-bond donors (Lipinski definition) is 0. The van der Waals surface area contributed by atoms with Gasteiger partial charge in [0, 0.05) is 5.92 Å². The minimum atomic E-state index is -0.370. The summed E-state index contributed by atoms with van der Waals surface area (Å²) in [4.78, 5) is 8.35. The average Bonchev–Trinajstić information content (AvgIpc) is 2.96. The van der Waals surface area contributed by atoms with E-state index in [0.717, 1.165) is 19.0 Å². The van der Waals surface area contributed by atoms with Crippen molar-refractivity contribution >= 4 is 0 Å². The minimum Gasteiger partial charge on any atom is -0.339 e. The molecule has 1 atom stereocenters. The van der Waals surface area contributed by atoms with Crippen molar-refractivity contribution in [2.45, 2.75) is 39.0 Å². The first-order valence-electron chi connectivity index (χ1n) is 6.49. The summed E-state index contributed by atoms with van der Waals surface area (Å²) in [5.74, 6) is 1.06. The standard InChI is InChI=1S/C14H16FN3O/c1-14(2)6-5-9(7-14)13-17-12(18-19-13)11-4-3-10(15)8-16-11/h3-4,8-9H,5-7H2,1-2H3. The predicted octanol–water partition coefficient (Wildman–Crippen LogP) is 3.56. The lowest BCUT2D eigenvalue weighted by Crippen LogP contribution is -2.04. The number of nitrogens with zero attached hydrogens (tertiary/aromatic N) is 3. The van der Waals surface area contributed by atoms with E-state index in [9.17, 15) is 4.39 Å². The third kappa shape index (κ3) is 2.50. The fourth-order valence-electron chi connectivity index (χ4n) is 2.66. The molecule has 2 heterocycles. The van der Waals surface area contributed by atoms with E-state index in [4.69, 9.17) is 4.52 Å². The first-order valence-corrected chi connectivity index (χ1v) is 6.49. The molecule has 2 aromatic heterocycles. The van der Waals surface area contributed by atoms with Crippen molar-refractivity contribution < 1.29 is 8.91 Å². The number of rotatable bonds is 2. The normalized spacial score (nSPS) is 21.7. The van der Waals surface area contributed by atoms with Crippen LogP contribution in [0.5, 0.6) is 0 Å². The molecule has 0 N–H and O–H groups in total. The summed E-state index contributed by atoms with van der Waals surface area (Å²) in [5, 5.41) is 3.94. The molecule has 1 aliphatic rings. The lowest BCUT2D eigenvalue weighted by molar-refractivity contribution is 0.331. The zero-order chi connectivity index (χ0) is 13.5. The van der Waals surface area contributed by atoms with Gasteiger partial charge in [0.1, 0.15) is 11.5 Å². The van der Waals surface area contributed by atoms with Crippen molar-refractivity contribution in [3.63, 3.8) is 0 Å². The van der Waals surface area contributed by atoms with Gasteiger partial charge in [-0.2, -0.15) is 4.98 Å². The van der Waals surface area contributed by atoms with Gasteiger partial charge in [0.2, 0.25) is 11.7 Å². The highest BCUT2D eigenvalue weighted by Crippen LogP contribution is 2.45. The Morgan fingerprint density at radius 3 is 2.84 bits per heavy atom. The van der Waals surface area contributed by atoms with Crippen molar-refractivity contribution in [3.8, 4) is 11.5 Å². The van der Waals surface area contributed by atoms with Crippen LogP contribution in [0.15, 0.2) is 22.9 Å². The van der Waals surface area contributed by atoms with Crippen LogP contribution < -0.4 is 0 Å². The zero-order valence-corrected chi connectivity index (χ0v) is 11.1. The highest BCUT2D eigenvalue weighted by molar-refractivity contribution is 5.47. The lowest BCUT2D eigenvalue weighted by atomic mass is 9.90. The fraction of sp³-hybridized carbons (Fsp3) is 0.500. The van der Waals surface area contributed by atoms with Crippen molar-refractivity contribution in [1.29, 1.82) is 0 Å². The Hall–Kier alpha value is -1.78. The molecule has 1 saturated carbocycles. The Kier molecular flexibility index (Phi) is 2.84. The van der Waals surface area contributed by atoms with E-state index in [-0.39, 0.29) is 5.82 Å². The van der Waals surface area contributed by atoms with Gasteiger partial charge in [-0.25, -0.2) is 9.37 Å². The maximum Gasteiger partial charge on any atom is 0.230 e. The van der Waals surface area contributed by atoms with Crippen LogP contribution in [-0.2, 0) is 0 Å². The molecule has 1 fully saturated rings. The predicted molar refractivity (Wildman–Crippen MR) is 67.9 cm³/mol. The van der Waals surface area contributed by atoms with Crippen molar-refractivity contribution in [2.75, 3.05) is 0 Å². The molecule has 4 nitrogen and oxygen atoms in total. The molecule has 0 bridgehead atoms. The second kappa shape index (κ2) is 4.40. The van der Waals surface area contributed by atoms with Crippen LogP contribution in [-0.4, -0.2) is 15.1 Å². The van der Waals surface area contributed by atoms with Crippen LogP contribution >= 0.6 is 0 Å². The molecule has 0 aliphatic heterocycles. The summed E-state index contributed by atoms with van der Waals surface area (Å²) in [5.41, 5.74) is 0.876. The second-order valence-corrected chi connectivity index (χ2v) is 5.92. The molecule has 0 amide bonds. The van der Waals surface area contributed by atoms with Crippen molar-refractivity contribution in [3.05, 3.63) is 30.0 Å². The Bertz CT molecular complexity index is 577. The van der Waals surface area contributed by atoms with Crippen LogP contribution in [0.1, 0.15) is 44.9 Å². The Labute approximate surface area is 111 Å². The van der Waals surface area contributed by atoms with Crippen LogP contribution in [0.4, 0.5) is 4.39 Å². The van der Waals surface area contributed by atoms with Crippen molar-refractivity contribution in [2.24, 2.45) is 5.41 Å². The monoisotopic (exact) mass is 261 g/mol. The highest BCUT2D eigenvalue weighted by atomic mass is 19.1. The van der Waals surface area contributed by atoms with E-state index < -0.39 is 0 Å². The summed E-state index contributed by atoms with van der Waals surface area (Å²) in [6.45, 7) is 4.51. The first-order chi connectivity index (χ1) is 9.03. The van der Waals surface area contributed by atoms with Gasteiger partial charge in [-0.15, -0.1) is 0 Å². The van der Waals surface area contributed by atoms with Gasteiger partial charge in [0.15, 0.2) is 0 Å². The SMILES string of the molecule is CC1(C)CCC(c2nc(-c3ccc(F)cn3)no2)C1. The summed E-state index contributed by atoms with van der Waals surface area (Å²) in [6.07, 6.45) is 4.46. The molecule has 0 saturated heterocycles. The Morgan fingerprint density at radius 2 is 2.21 bits per heavy atom. The second-order valence-electron chi connectivity index (χ2n) is 5.92. The Morgan fingerprint density at radius 1 is 1.37 bits per heavy atom. The average molecular weight is 261 g/mol. The number of hydrogen-bond acceptors (Lipinski definition) is 4. The molecule has 19 heavy (non-hydrogen) atoms. The number of aromatic nitrogens is 3. The van der Waals surface area contributed by atoms with E-state index in [0.29, 0.717) is 28.7 Å². The van der Waals surface area contributed by atoms with Gasteiger partial charge in [0.25, 0.3) is 0 Å². The smallest absolute Gasteiger partial charge is 0.230 e. The molecule has 1 aliphatic carbocycles. The summed E-state index contributed by atoms with van der Waals surface area (Å²) >= 11 is 0. The highest BCUT2D eigenvalue weighted by Gasteiger charge is 2.35. The molecule has 1 unspecified atom stereocenters. The number of pyridine rings is 1. The maximum absolute atomic E-state index is 12.8. The van der Waals surface area contributed by atoms with E-state index in [1.807, 2.05) is 0 Å². The molecule has 100 valence electrons. The van der Waals surface area contributed by atoms with Crippen molar-refractivity contribution in [1.82, 2.24) is 15.1 Å². The quantitative estimate of drug-likeness (QED) is 0.829. The molecular formula is C14H16FN3O. The summed E-state index contributed by atoms with van der Waals surface area (Å²) in [7, 11) is 0. The van der Waals surface area contributed by atoms with Gasteiger partial charge in [-0.05, 0) is 36.8 Å². The van der Waals surface area contributed by atoms with Gasteiger partial charge in [-0.1, -0.05) is 19.0 Å². The maximum atomic E-state index is 12.8. The molecule has 2 aromatic rings. The van der Waals surface area contributed by atoms with Crippen LogP contribution in [0.3, 0.4) is 0 Å². The van der Waals surface area contributed by atoms with E-state index in [1.165, 1.54) is 12.5 Å². The molecule has 3 rings (SSSR count). The summed E-state index contributed by atoms with van der Waals surface area (Å²) in [6, 6.07) is 2.90.